The Bertz CT molecular complexity index is 193. The van der Waals surface area contributed by atoms with E-state index in [1.54, 1.807) is 0 Å². The molecule has 1 heterocycles. The SMILES string of the molecule is OC[C@]1(F)O[C@@H](F)[C@H](F)[C@@H](O)[C@@H]1O. The van der Waals surface area contributed by atoms with Gasteiger partial charge in [0.25, 0.3) is 5.85 Å². The molecule has 13 heavy (non-hydrogen) atoms. The topological polar surface area (TPSA) is 69.9 Å². The number of halogens is 3. The number of hydrogen-bond acceptors (Lipinski definition) is 4. The average molecular weight is 202 g/mol. The van der Waals surface area contributed by atoms with Crippen molar-refractivity contribution in [3.05, 3.63) is 0 Å². The van der Waals surface area contributed by atoms with Gasteiger partial charge in [-0.15, -0.1) is 0 Å². The normalized spacial score (nSPS) is 52.2. The lowest BCUT2D eigenvalue weighted by atomic mass is 9.99. The maximum atomic E-state index is 13.1. The van der Waals surface area contributed by atoms with Crippen molar-refractivity contribution in [1.29, 1.82) is 0 Å². The lowest BCUT2D eigenvalue weighted by Crippen LogP contribution is -2.61. The molecule has 0 amide bonds. The van der Waals surface area contributed by atoms with Crippen LogP contribution in [0.4, 0.5) is 13.2 Å². The molecular formula is C6H9F3O4. The second-order valence-electron chi connectivity index (χ2n) is 2.79. The van der Waals surface area contributed by atoms with Crippen LogP contribution in [0.3, 0.4) is 0 Å². The first-order chi connectivity index (χ1) is 5.92. The predicted octanol–water partition coefficient (Wildman–Crippen LogP) is -0.970. The Labute approximate surface area is 71.6 Å². The van der Waals surface area contributed by atoms with E-state index in [0.29, 0.717) is 0 Å². The number of aliphatic hydroxyl groups excluding tert-OH is 3. The van der Waals surface area contributed by atoms with E-state index >= 15 is 0 Å². The van der Waals surface area contributed by atoms with Crippen LogP contribution in [0.15, 0.2) is 0 Å². The van der Waals surface area contributed by atoms with Crippen LogP contribution in [0.1, 0.15) is 0 Å². The molecule has 0 saturated carbocycles. The molecule has 7 heteroatoms. The second-order valence-corrected chi connectivity index (χ2v) is 2.79. The first-order valence-electron chi connectivity index (χ1n) is 3.54. The van der Waals surface area contributed by atoms with Crippen LogP contribution >= 0.6 is 0 Å². The molecule has 0 radical (unpaired) electrons. The molecule has 0 aromatic heterocycles. The van der Waals surface area contributed by atoms with Gasteiger partial charge < -0.3 is 20.1 Å². The average Bonchev–Trinajstić information content (AvgIpc) is 2.12. The summed E-state index contributed by atoms with van der Waals surface area (Å²) >= 11 is 0. The van der Waals surface area contributed by atoms with Gasteiger partial charge in [-0.3, -0.25) is 0 Å². The van der Waals surface area contributed by atoms with Crippen LogP contribution in [0.2, 0.25) is 0 Å². The van der Waals surface area contributed by atoms with Gasteiger partial charge in [0.15, 0.2) is 6.17 Å². The van der Waals surface area contributed by atoms with Crippen molar-refractivity contribution in [2.45, 2.75) is 30.6 Å². The summed E-state index contributed by atoms with van der Waals surface area (Å²) in [5, 5.41) is 26.0. The fourth-order valence-corrected chi connectivity index (χ4v) is 1.04. The predicted molar refractivity (Wildman–Crippen MR) is 33.8 cm³/mol. The molecule has 0 spiro atoms. The highest BCUT2D eigenvalue weighted by molar-refractivity contribution is 4.93. The molecule has 1 fully saturated rings. The summed E-state index contributed by atoms with van der Waals surface area (Å²) in [5.41, 5.74) is 0. The molecular weight excluding hydrogens is 193 g/mol. The quantitative estimate of drug-likeness (QED) is 0.511. The molecule has 0 bridgehead atoms. The Morgan fingerprint density at radius 1 is 1.31 bits per heavy atom. The first kappa shape index (κ1) is 10.7. The highest BCUT2D eigenvalue weighted by atomic mass is 19.2. The van der Waals surface area contributed by atoms with E-state index in [1.165, 1.54) is 0 Å². The number of hydrogen-bond donors (Lipinski definition) is 3. The van der Waals surface area contributed by atoms with E-state index in [1.807, 2.05) is 0 Å². The first-order valence-corrected chi connectivity index (χ1v) is 3.54. The van der Waals surface area contributed by atoms with Crippen LogP contribution in [0, 0.1) is 0 Å². The third-order valence-electron chi connectivity index (χ3n) is 1.87. The summed E-state index contributed by atoms with van der Waals surface area (Å²) in [6, 6.07) is 0. The standard InChI is InChI=1S/C6H9F3O4/c7-2-3(11)4(12)6(9,1-10)13-5(2)8/h2-5,10-12H,1H2/t2-,3-,4+,5-,6+/m1/s1. The Hall–Kier alpha value is -0.370. The molecule has 1 rings (SSSR count). The molecule has 0 aromatic rings. The molecule has 78 valence electrons. The Morgan fingerprint density at radius 3 is 2.31 bits per heavy atom. The van der Waals surface area contributed by atoms with Gasteiger partial charge in [0.05, 0.1) is 0 Å². The van der Waals surface area contributed by atoms with Gasteiger partial charge in [0.1, 0.15) is 18.8 Å². The Morgan fingerprint density at radius 2 is 1.85 bits per heavy atom. The van der Waals surface area contributed by atoms with Gasteiger partial charge in [-0.05, 0) is 0 Å². The highest BCUT2D eigenvalue weighted by Crippen LogP contribution is 2.32. The minimum Gasteiger partial charge on any atom is -0.390 e. The van der Waals surface area contributed by atoms with Crippen molar-refractivity contribution in [1.82, 2.24) is 0 Å². The van der Waals surface area contributed by atoms with E-state index in [0.717, 1.165) is 0 Å². The Kier molecular flexibility index (Phi) is 2.81. The minimum atomic E-state index is -3.15. The van der Waals surface area contributed by atoms with Crippen LogP contribution < -0.4 is 0 Å². The smallest absolute Gasteiger partial charge is 0.263 e. The summed E-state index contributed by atoms with van der Waals surface area (Å²) in [5.74, 6) is -3.15. The van der Waals surface area contributed by atoms with Crippen molar-refractivity contribution in [3.63, 3.8) is 0 Å². The van der Waals surface area contributed by atoms with E-state index in [-0.39, 0.29) is 0 Å². The Balaban J connectivity index is 2.82. The number of ether oxygens (including phenoxy) is 1. The van der Waals surface area contributed by atoms with Gasteiger partial charge in [0, 0.05) is 0 Å². The molecule has 5 atom stereocenters. The number of aliphatic hydroxyl groups is 3. The fraction of sp³-hybridized carbons (Fsp3) is 1.00. The number of rotatable bonds is 1. The van der Waals surface area contributed by atoms with E-state index in [2.05, 4.69) is 4.74 Å². The number of alkyl halides is 3. The van der Waals surface area contributed by atoms with E-state index in [9.17, 15) is 13.2 Å². The van der Waals surface area contributed by atoms with Crippen molar-refractivity contribution in [2.75, 3.05) is 6.61 Å². The van der Waals surface area contributed by atoms with Gasteiger partial charge in [-0.1, -0.05) is 0 Å². The summed E-state index contributed by atoms with van der Waals surface area (Å²) in [6.07, 6.45) is -9.78. The zero-order valence-corrected chi connectivity index (χ0v) is 6.40. The molecule has 0 aliphatic carbocycles. The lowest BCUT2D eigenvalue weighted by Gasteiger charge is -2.39. The van der Waals surface area contributed by atoms with Gasteiger partial charge in [-0.2, -0.15) is 0 Å². The van der Waals surface area contributed by atoms with E-state index < -0.39 is 37.2 Å². The van der Waals surface area contributed by atoms with Gasteiger partial charge in [-0.25, -0.2) is 13.2 Å². The molecule has 1 aliphatic heterocycles. The highest BCUT2D eigenvalue weighted by Gasteiger charge is 2.55. The molecule has 1 saturated heterocycles. The maximum Gasteiger partial charge on any atom is 0.263 e. The van der Waals surface area contributed by atoms with Crippen LogP contribution in [-0.4, -0.2) is 52.5 Å². The molecule has 3 N–H and O–H groups in total. The van der Waals surface area contributed by atoms with Crippen molar-refractivity contribution >= 4 is 0 Å². The summed E-state index contributed by atoms with van der Waals surface area (Å²) in [4.78, 5) is 0. The summed E-state index contributed by atoms with van der Waals surface area (Å²) < 4.78 is 41.8. The summed E-state index contributed by atoms with van der Waals surface area (Å²) in [7, 11) is 0. The molecule has 0 unspecified atom stereocenters. The van der Waals surface area contributed by atoms with Gasteiger partial charge in [0.2, 0.25) is 6.36 Å². The third kappa shape index (κ3) is 1.64. The van der Waals surface area contributed by atoms with Crippen LogP contribution in [-0.2, 0) is 4.74 Å². The monoisotopic (exact) mass is 202 g/mol. The van der Waals surface area contributed by atoms with Crippen LogP contribution in [0.5, 0.6) is 0 Å². The largest absolute Gasteiger partial charge is 0.390 e. The lowest BCUT2D eigenvalue weighted by molar-refractivity contribution is -0.340. The second kappa shape index (κ2) is 3.41. The van der Waals surface area contributed by atoms with Crippen molar-refractivity contribution < 1.29 is 33.2 Å². The molecule has 4 nitrogen and oxygen atoms in total. The van der Waals surface area contributed by atoms with Crippen molar-refractivity contribution in [3.8, 4) is 0 Å². The summed E-state index contributed by atoms with van der Waals surface area (Å²) in [6.45, 7) is -1.36. The minimum absolute atomic E-state index is 1.36. The van der Waals surface area contributed by atoms with E-state index in [4.69, 9.17) is 15.3 Å². The zero-order chi connectivity index (χ0) is 10.2. The molecule has 1 aliphatic rings. The van der Waals surface area contributed by atoms with Crippen LogP contribution in [0.25, 0.3) is 0 Å². The van der Waals surface area contributed by atoms with Gasteiger partial charge >= 0.3 is 0 Å². The third-order valence-corrected chi connectivity index (χ3v) is 1.87. The molecule has 0 aromatic carbocycles. The fourth-order valence-electron chi connectivity index (χ4n) is 1.04. The maximum absolute atomic E-state index is 13.1. The zero-order valence-electron chi connectivity index (χ0n) is 6.40. The van der Waals surface area contributed by atoms with Crippen molar-refractivity contribution in [2.24, 2.45) is 0 Å².